The van der Waals surface area contributed by atoms with Gasteiger partial charge in [0.1, 0.15) is 5.75 Å². The van der Waals surface area contributed by atoms with Crippen LogP contribution in [0, 0.1) is 20.8 Å². The number of aromatic nitrogens is 2. The Kier molecular flexibility index (Phi) is 5.99. The Hall–Kier alpha value is -2.86. The van der Waals surface area contributed by atoms with Crippen molar-refractivity contribution in [2.75, 3.05) is 0 Å². The standard InChI is InChI=1S/C21H22ClN3O3/c1-12-5-7-16(8-6-12)20-24-18(28-25-20)11-23-21(26)15(4)27-17-9-13(2)19(22)14(3)10-17/h5-10,15H,11H2,1-4H3,(H,23,26)/t15-/m1/s1. The fourth-order valence-corrected chi connectivity index (χ4v) is 2.79. The molecule has 1 atom stereocenters. The molecule has 3 aromatic rings. The van der Waals surface area contributed by atoms with Crippen molar-refractivity contribution in [1.29, 1.82) is 0 Å². The molecule has 0 saturated carbocycles. The summed E-state index contributed by atoms with van der Waals surface area (Å²) in [6, 6.07) is 11.4. The van der Waals surface area contributed by atoms with Gasteiger partial charge in [-0.2, -0.15) is 4.98 Å². The molecule has 28 heavy (non-hydrogen) atoms. The number of carbonyl (C=O) groups is 1. The van der Waals surface area contributed by atoms with Crippen LogP contribution < -0.4 is 10.1 Å². The fourth-order valence-electron chi connectivity index (χ4n) is 2.68. The van der Waals surface area contributed by atoms with Crippen LogP contribution in [0.3, 0.4) is 0 Å². The van der Waals surface area contributed by atoms with Gasteiger partial charge in [-0.15, -0.1) is 0 Å². The molecule has 6 nitrogen and oxygen atoms in total. The monoisotopic (exact) mass is 399 g/mol. The molecule has 7 heteroatoms. The van der Waals surface area contributed by atoms with Crippen LogP contribution >= 0.6 is 11.6 Å². The summed E-state index contributed by atoms with van der Waals surface area (Å²) in [5.41, 5.74) is 3.81. The largest absolute Gasteiger partial charge is 0.481 e. The molecule has 0 radical (unpaired) electrons. The number of hydrogen-bond donors (Lipinski definition) is 1. The number of hydrogen-bond acceptors (Lipinski definition) is 5. The van der Waals surface area contributed by atoms with Crippen molar-refractivity contribution in [3.8, 4) is 17.1 Å². The molecule has 0 saturated heterocycles. The van der Waals surface area contributed by atoms with E-state index >= 15 is 0 Å². The Bertz CT molecular complexity index is 960. The average molecular weight is 400 g/mol. The van der Waals surface area contributed by atoms with Crippen LogP contribution in [0.4, 0.5) is 0 Å². The second kappa shape index (κ2) is 8.44. The summed E-state index contributed by atoms with van der Waals surface area (Å²) in [5, 5.41) is 7.40. The Morgan fingerprint density at radius 2 is 1.82 bits per heavy atom. The lowest BCUT2D eigenvalue weighted by molar-refractivity contribution is -0.127. The molecule has 1 amide bonds. The van der Waals surface area contributed by atoms with E-state index in [1.54, 1.807) is 6.92 Å². The summed E-state index contributed by atoms with van der Waals surface area (Å²) < 4.78 is 10.9. The van der Waals surface area contributed by atoms with Gasteiger partial charge in [0, 0.05) is 10.6 Å². The van der Waals surface area contributed by atoms with Crippen molar-refractivity contribution in [1.82, 2.24) is 15.5 Å². The molecule has 0 aliphatic rings. The Morgan fingerprint density at radius 1 is 1.18 bits per heavy atom. The van der Waals surface area contributed by atoms with Crippen LogP contribution in [-0.4, -0.2) is 22.2 Å². The highest BCUT2D eigenvalue weighted by molar-refractivity contribution is 6.32. The number of rotatable bonds is 6. The number of carbonyl (C=O) groups excluding carboxylic acids is 1. The van der Waals surface area contributed by atoms with Crippen LogP contribution in [-0.2, 0) is 11.3 Å². The highest BCUT2D eigenvalue weighted by atomic mass is 35.5. The summed E-state index contributed by atoms with van der Waals surface area (Å²) in [6.07, 6.45) is -0.681. The zero-order valence-corrected chi connectivity index (χ0v) is 17.0. The van der Waals surface area contributed by atoms with E-state index in [0.717, 1.165) is 22.3 Å². The quantitative estimate of drug-likeness (QED) is 0.664. The maximum absolute atomic E-state index is 12.3. The van der Waals surface area contributed by atoms with Gasteiger partial charge in [-0.25, -0.2) is 0 Å². The third-order valence-electron chi connectivity index (χ3n) is 4.28. The van der Waals surface area contributed by atoms with Crippen molar-refractivity contribution in [2.24, 2.45) is 0 Å². The van der Waals surface area contributed by atoms with Gasteiger partial charge in [0.15, 0.2) is 6.10 Å². The SMILES string of the molecule is Cc1ccc(-c2noc(CNC(=O)[C@@H](C)Oc3cc(C)c(Cl)c(C)c3)n2)cc1. The lowest BCUT2D eigenvalue weighted by atomic mass is 10.1. The molecule has 0 aliphatic heterocycles. The number of ether oxygens (including phenoxy) is 1. The topological polar surface area (TPSA) is 77.2 Å². The number of nitrogens with one attached hydrogen (secondary N) is 1. The van der Waals surface area contributed by atoms with Gasteiger partial charge in [-0.1, -0.05) is 46.6 Å². The molecule has 1 N–H and O–H groups in total. The van der Waals surface area contributed by atoms with Crippen LogP contribution in [0.2, 0.25) is 5.02 Å². The van der Waals surface area contributed by atoms with Gasteiger partial charge in [0.05, 0.1) is 6.54 Å². The number of nitrogens with zero attached hydrogens (tertiary/aromatic N) is 2. The lowest BCUT2D eigenvalue weighted by Gasteiger charge is -2.15. The molecule has 0 bridgehead atoms. The minimum absolute atomic E-state index is 0.129. The fraction of sp³-hybridized carbons (Fsp3) is 0.286. The van der Waals surface area contributed by atoms with E-state index in [0.29, 0.717) is 22.5 Å². The van der Waals surface area contributed by atoms with E-state index in [1.165, 1.54) is 0 Å². The minimum atomic E-state index is -0.681. The Labute approximate surface area is 168 Å². The normalized spacial score (nSPS) is 11.9. The third-order valence-corrected chi connectivity index (χ3v) is 4.88. The first-order valence-corrected chi connectivity index (χ1v) is 9.32. The van der Waals surface area contributed by atoms with E-state index < -0.39 is 6.10 Å². The van der Waals surface area contributed by atoms with Crippen molar-refractivity contribution < 1.29 is 14.1 Å². The molecule has 0 spiro atoms. The molecule has 1 heterocycles. The van der Waals surface area contributed by atoms with Gasteiger partial charge in [-0.3, -0.25) is 4.79 Å². The highest BCUT2D eigenvalue weighted by Gasteiger charge is 2.17. The molecule has 146 valence electrons. The number of halogens is 1. The maximum Gasteiger partial charge on any atom is 0.261 e. The summed E-state index contributed by atoms with van der Waals surface area (Å²) >= 11 is 6.16. The van der Waals surface area contributed by atoms with Crippen molar-refractivity contribution in [3.63, 3.8) is 0 Å². The molecule has 3 rings (SSSR count). The molecule has 1 aromatic heterocycles. The Balaban J connectivity index is 1.57. The highest BCUT2D eigenvalue weighted by Crippen LogP contribution is 2.26. The van der Waals surface area contributed by atoms with Crippen molar-refractivity contribution in [3.05, 3.63) is 64.0 Å². The number of aryl methyl sites for hydroxylation is 3. The van der Waals surface area contributed by atoms with E-state index in [4.69, 9.17) is 20.9 Å². The summed E-state index contributed by atoms with van der Waals surface area (Å²) in [5.74, 6) is 1.14. The van der Waals surface area contributed by atoms with E-state index in [2.05, 4.69) is 15.5 Å². The predicted octanol–water partition coefficient (Wildman–Crippen LogP) is 4.40. The van der Waals surface area contributed by atoms with Crippen molar-refractivity contribution >= 4 is 17.5 Å². The third kappa shape index (κ3) is 4.70. The Morgan fingerprint density at radius 3 is 2.46 bits per heavy atom. The minimum Gasteiger partial charge on any atom is -0.481 e. The zero-order valence-electron chi connectivity index (χ0n) is 16.2. The molecule has 2 aromatic carbocycles. The van der Waals surface area contributed by atoms with Gasteiger partial charge >= 0.3 is 0 Å². The second-order valence-electron chi connectivity index (χ2n) is 6.73. The summed E-state index contributed by atoms with van der Waals surface area (Å²) in [4.78, 5) is 16.6. The first-order chi connectivity index (χ1) is 13.3. The van der Waals surface area contributed by atoms with Crippen LogP contribution in [0.5, 0.6) is 5.75 Å². The molecular formula is C21H22ClN3O3. The maximum atomic E-state index is 12.3. The molecule has 0 fully saturated rings. The van der Waals surface area contributed by atoms with Crippen LogP contribution in [0.1, 0.15) is 29.5 Å². The van der Waals surface area contributed by atoms with Gasteiger partial charge in [0.25, 0.3) is 5.91 Å². The predicted molar refractivity (Wildman–Crippen MR) is 107 cm³/mol. The first-order valence-electron chi connectivity index (χ1n) is 8.94. The molecular weight excluding hydrogens is 378 g/mol. The first kappa shape index (κ1) is 19.9. The van der Waals surface area contributed by atoms with Crippen molar-refractivity contribution in [2.45, 2.75) is 40.3 Å². The van der Waals surface area contributed by atoms with E-state index in [1.807, 2.05) is 57.2 Å². The average Bonchev–Trinajstić information content (AvgIpc) is 3.13. The van der Waals surface area contributed by atoms with E-state index in [9.17, 15) is 4.79 Å². The summed E-state index contributed by atoms with van der Waals surface area (Å²) in [6.45, 7) is 7.61. The number of amides is 1. The molecule has 0 unspecified atom stereocenters. The smallest absolute Gasteiger partial charge is 0.261 e. The van der Waals surface area contributed by atoms with Crippen LogP contribution in [0.15, 0.2) is 40.9 Å². The van der Waals surface area contributed by atoms with Gasteiger partial charge in [-0.05, 0) is 51.0 Å². The lowest BCUT2D eigenvalue weighted by Crippen LogP contribution is -2.36. The zero-order chi connectivity index (χ0) is 20.3. The second-order valence-corrected chi connectivity index (χ2v) is 7.10. The van der Waals surface area contributed by atoms with Gasteiger partial charge in [0.2, 0.25) is 11.7 Å². The number of benzene rings is 2. The van der Waals surface area contributed by atoms with Gasteiger partial charge < -0.3 is 14.6 Å². The summed E-state index contributed by atoms with van der Waals surface area (Å²) in [7, 11) is 0. The van der Waals surface area contributed by atoms with E-state index in [-0.39, 0.29) is 12.5 Å². The van der Waals surface area contributed by atoms with Crippen LogP contribution in [0.25, 0.3) is 11.4 Å². The molecule has 0 aliphatic carbocycles.